The molecule has 6 nitrogen and oxygen atoms in total. The van der Waals surface area contributed by atoms with Crippen LogP contribution in [-0.2, 0) is 14.3 Å². The van der Waals surface area contributed by atoms with Crippen LogP contribution in [0.4, 0.5) is 14.5 Å². The number of aliphatic hydroxyl groups excluding tert-OH is 1. The summed E-state index contributed by atoms with van der Waals surface area (Å²) in [5.74, 6) is -2.65. The highest BCUT2D eigenvalue weighted by Crippen LogP contribution is 2.31. The molecular weight excluding hydrogens is 382 g/mol. The molecule has 8 heteroatoms. The van der Waals surface area contributed by atoms with Gasteiger partial charge in [0.15, 0.2) is 6.73 Å². The van der Waals surface area contributed by atoms with Crippen LogP contribution >= 0.6 is 0 Å². The molecule has 0 saturated carbocycles. The van der Waals surface area contributed by atoms with Crippen molar-refractivity contribution in [2.24, 2.45) is 0 Å². The van der Waals surface area contributed by atoms with Crippen molar-refractivity contribution >= 4 is 23.1 Å². The molecule has 0 aliphatic carbocycles. The molecule has 0 atom stereocenters. The Hall–Kier alpha value is -3.26. The molecular formula is C21H20F2N2O4. The van der Waals surface area contributed by atoms with Gasteiger partial charge < -0.3 is 15.2 Å². The minimum atomic E-state index is -1.46. The number of carbonyl (C=O) groups is 2. The summed E-state index contributed by atoms with van der Waals surface area (Å²) in [6.45, 7) is 2.17. The number of hydrogen-bond acceptors (Lipinski definition) is 4. The van der Waals surface area contributed by atoms with Gasteiger partial charge >= 0.3 is 0 Å². The van der Waals surface area contributed by atoms with Gasteiger partial charge in [0.25, 0.3) is 5.91 Å². The Morgan fingerprint density at radius 2 is 1.90 bits per heavy atom. The van der Waals surface area contributed by atoms with E-state index in [0.717, 1.165) is 18.2 Å². The number of aliphatic hydroxyl groups is 1. The van der Waals surface area contributed by atoms with Gasteiger partial charge in [-0.15, -0.1) is 0 Å². The number of rotatable bonds is 5. The molecule has 0 bridgehead atoms. The molecule has 0 radical (unpaired) electrons. The number of benzene rings is 2. The zero-order valence-corrected chi connectivity index (χ0v) is 15.9. The summed E-state index contributed by atoms with van der Waals surface area (Å²) in [5.41, 5.74) is -1.13. The average molecular weight is 402 g/mol. The standard InChI is InChI=1S/C21H20F2N2O4/c1-21(2,20(28)24-16-10-14(22)8-9-15(16)23)25-12-29-17(11-26)18(19(25)27)13-6-4-3-5-7-13/h3-10,26H,11-12H2,1-2H3,(H,24,28). The quantitative estimate of drug-likeness (QED) is 0.806. The predicted molar refractivity (Wildman–Crippen MR) is 102 cm³/mol. The molecule has 0 saturated heterocycles. The molecule has 0 unspecified atom stereocenters. The van der Waals surface area contributed by atoms with E-state index in [2.05, 4.69) is 5.32 Å². The molecule has 2 amide bonds. The summed E-state index contributed by atoms with van der Waals surface area (Å²) in [6, 6.07) is 11.3. The Morgan fingerprint density at radius 1 is 1.21 bits per heavy atom. The van der Waals surface area contributed by atoms with E-state index in [1.54, 1.807) is 30.3 Å². The predicted octanol–water partition coefficient (Wildman–Crippen LogP) is 2.90. The zero-order valence-electron chi connectivity index (χ0n) is 15.9. The van der Waals surface area contributed by atoms with Gasteiger partial charge in [0.2, 0.25) is 5.91 Å². The number of amides is 2. The van der Waals surface area contributed by atoms with Gasteiger partial charge in [-0.2, -0.15) is 0 Å². The van der Waals surface area contributed by atoms with E-state index in [0.29, 0.717) is 5.56 Å². The largest absolute Gasteiger partial charge is 0.474 e. The fourth-order valence-electron chi connectivity index (χ4n) is 2.95. The second kappa shape index (κ2) is 8.00. The Balaban J connectivity index is 1.91. The van der Waals surface area contributed by atoms with Crippen LogP contribution in [0.1, 0.15) is 19.4 Å². The van der Waals surface area contributed by atoms with Crippen LogP contribution in [0.25, 0.3) is 5.57 Å². The maximum atomic E-state index is 13.9. The molecule has 2 aromatic carbocycles. The van der Waals surface area contributed by atoms with Crippen molar-refractivity contribution in [2.75, 3.05) is 18.7 Å². The Kier molecular flexibility index (Phi) is 5.65. The van der Waals surface area contributed by atoms with E-state index in [4.69, 9.17) is 4.74 Å². The topological polar surface area (TPSA) is 78.9 Å². The second-order valence-corrected chi connectivity index (χ2v) is 6.97. The third kappa shape index (κ3) is 3.97. The molecule has 1 aliphatic rings. The van der Waals surface area contributed by atoms with Crippen LogP contribution in [0, 0.1) is 11.6 Å². The Bertz CT molecular complexity index is 974. The lowest BCUT2D eigenvalue weighted by molar-refractivity contribution is -0.147. The van der Waals surface area contributed by atoms with E-state index in [1.165, 1.54) is 18.7 Å². The fourth-order valence-corrected chi connectivity index (χ4v) is 2.95. The summed E-state index contributed by atoms with van der Waals surface area (Å²) in [7, 11) is 0. The van der Waals surface area contributed by atoms with E-state index in [-0.39, 0.29) is 23.8 Å². The highest BCUT2D eigenvalue weighted by molar-refractivity contribution is 6.22. The average Bonchev–Trinajstić information content (AvgIpc) is 2.70. The minimum Gasteiger partial charge on any atom is -0.474 e. The van der Waals surface area contributed by atoms with Crippen molar-refractivity contribution in [1.82, 2.24) is 4.90 Å². The maximum Gasteiger partial charge on any atom is 0.261 e. The fraction of sp³-hybridized carbons (Fsp3) is 0.238. The van der Waals surface area contributed by atoms with Gasteiger partial charge in [0.05, 0.1) is 11.3 Å². The third-order valence-corrected chi connectivity index (χ3v) is 4.72. The van der Waals surface area contributed by atoms with Gasteiger partial charge in [-0.25, -0.2) is 8.78 Å². The first kappa shape index (κ1) is 20.5. The van der Waals surface area contributed by atoms with Crippen molar-refractivity contribution in [3.63, 3.8) is 0 Å². The number of nitrogens with zero attached hydrogens (tertiary/aromatic N) is 1. The van der Waals surface area contributed by atoms with Gasteiger partial charge in [-0.3, -0.25) is 14.5 Å². The van der Waals surface area contributed by atoms with E-state index in [9.17, 15) is 23.5 Å². The monoisotopic (exact) mass is 402 g/mol. The lowest BCUT2D eigenvalue weighted by atomic mass is 9.96. The molecule has 2 aromatic rings. The smallest absolute Gasteiger partial charge is 0.261 e. The molecule has 0 fully saturated rings. The molecule has 0 aromatic heterocycles. The van der Waals surface area contributed by atoms with Gasteiger partial charge in [0.1, 0.15) is 29.5 Å². The first-order chi connectivity index (χ1) is 13.8. The normalized spacial score (nSPS) is 14.7. The maximum absolute atomic E-state index is 13.9. The number of ether oxygens (including phenoxy) is 1. The van der Waals surface area contributed by atoms with Crippen molar-refractivity contribution in [3.8, 4) is 0 Å². The molecule has 2 N–H and O–H groups in total. The van der Waals surface area contributed by atoms with E-state index >= 15 is 0 Å². The van der Waals surface area contributed by atoms with E-state index < -0.39 is 35.6 Å². The van der Waals surface area contributed by atoms with Crippen LogP contribution in [0.3, 0.4) is 0 Å². The number of halogens is 2. The minimum absolute atomic E-state index is 0.102. The summed E-state index contributed by atoms with van der Waals surface area (Å²) < 4.78 is 32.8. The summed E-state index contributed by atoms with van der Waals surface area (Å²) in [4.78, 5) is 27.2. The molecule has 29 heavy (non-hydrogen) atoms. The molecule has 3 rings (SSSR count). The molecule has 1 heterocycles. The third-order valence-electron chi connectivity index (χ3n) is 4.72. The highest BCUT2D eigenvalue weighted by atomic mass is 19.1. The first-order valence-electron chi connectivity index (χ1n) is 8.86. The summed E-state index contributed by atoms with van der Waals surface area (Å²) in [6.07, 6.45) is 0. The van der Waals surface area contributed by atoms with Crippen LogP contribution in [-0.4, -0.2) is 40.7 Å². The molecule has 0 spiro atoms. The van der Waals surface area contributed by atoms with Crippen molar-refractivity contribution in [3.05, 3.63) is 71.5 Å². The summed E-state index contributed by atoms with van der Waals surface area (Å²) >= 11 is 0. The first-order valence-corrected chi connectivity index (χ1v) is 8.86. The van der Waals surface area contributed by atoms with Crippen LogP contribution in [0.2, 0.25) is 0 Å². The lowest BCUT2D eigenvalue weighted by Gasteiger charge is -2.40. The molecule has 1 aliphatic heterocycles. The number of hydrogen-bond donors (Lipinski definition) is 2. The SMILES string of the molecule is CC(C)(C(=O)Nc1cc(F)ccc1F)N1COC(CO)=C(c2ccccc2)C1=O. The van der Waals surface area contributed by atoms with Crippen LogP contribution in [0.15, 0.2) is 54.3 Å². The number of nitrogens with one attached hydrogen (secondary N) is 1. The van der Waals surface area contributed by atoms with Crippen molar-refractivity contribution in [2.45, 2.75) is 19.4 Å². The van der Waals surface area contributed by atoms with E-state index in [1.807, 2.05) is 0 Å². The van der Waals surface area contributed by atoms with Gasteiger partial charge in [-0.05, 0) is 31.5 Å². The highest BCUT2D eigenvalue weighted by Gasteiger charge is 2.43. The van der Waals surface area contributed by atoms with Gasteiger partial charge in [0, 0.05) is 6.07 Å². The van der Waals surface area contributed by atoms with Crippen molar-refractivity contribution < 1.29 is 28.2 Å². The lowest BCUT2D eigenvalue weighted by Crippen LogP contribution is -2.57. The van der Waals surface area contributed by atoms with Gasteiger partial charge in [-0.1, -0.05) is 30.3 Å². The van der Waals surface area contributed by atoms with Crippen LogP contribution < -0.4 is 5.32 Å². The van der Waals surface area contributed by atoms with Crippen molar-refractivity contribution in [1.29, 1.82) is 0 Å². The number of carbonyl (C=O) groups excluding carboxylic acids is 2. The summed E-state index contributed by atoms with van der Waals surface area (Å²) in [5, 5.41) is 11.9. The molecule has 152 valence electrons. The zero-order chi connectivity index (χ0) is 21.2. The second-order valence-electron chi connectivity index (χ2n) is 6.97. The number of anilines is 1. The Labute approximate surface area is 166 Å². The van der Waals surface area contributed by atoms with Crippen LogP contribution in [0.5, 0.6) is 0 Å². The Morgan fingerprint density at radius 3 is 2.55 bits per heavy atom.